The van der Waals surface area contributed by atoms with Gasteiger partial charge in [-0.3, -0.25) is 14.6 Å². The van der Waals surface area contributed by atoms with Crippen molar-refractivity contribution in [2.45, 2.75) is 0 Å². The first kappa shape index (κ1) is 16.5. The van der Waals surface area contributed by atoms with Crippen LogP contribution in [0.25, 0.3) is 12.2 Å². The van der Waals surface area contributed by atoms with Crippen molar-refractivity contribution in [1.82, 2.24) is 4.98 Å². The van der Waals surface area contributed by atoms with Crippen LogP contribution in [0.3, 0.4) is 0 Å². The summed E-state index contributed by atoms with van der Waals surface area (Å²) in [5, 5.41) is 5.28. The van der Waals surface area contributed by atoms with Gasteiger partial charge in [-0.1, -0.05) is 41.1 Å². The molecule has 0 aliphatic carbocycles. The fourth-order valence-corrected chi connectivity index (χ4v) is 3.44. The number of thiazole rings is 1. The summed E-state index contributed by atoms with van der Waals surface area (Å²) in [6.45, 7) is 0. The van der Waals surface area contributed by atoms with E-state index in [0.29, 0.717) is 26.6 Å². The first-order valence-electron chi connectivity index (χ1n) is 7.76. The smallest absolute Gasteiger partial charge is 0.306 e. The zero-order valence-electron chi connectivity index (χ0n) is 13.3. The molecule has 0 spiro atoms. The van der Waals surface area contributed by atoms with Gasteiger partial charge in [-0.25, -0.2) is 4.99 Å². The number of rotatable bonds is 3. The van der Waals surface area contributed by atoms with Gasteiger partial charge >= 0.3 is 4.87 Å². The number of carbonyl (C=O) groups is 1. The molecule has 7 heteroatoms. The van der Waals surface area contributed by atoms with Crippen LogP contribution in [-0.2, 0) is 4.79 Å². The van der Waals surface area contributed by atoms with Gasteiger partial charge in [0.05, 0.1) is 10.2 Å². The Morgan fingerprint density at radius 1 is 1.08 bits per heavy atom. The van der Waals surface area contributed by atoms with E-state index in [1.54, 1.807) is 42.5 Å². The van der Waals surface area contributed by atoms with Crippen molar-refractivity contribution in [1.29, 1.82) is 0 Å². The maximum atomic E-state index is 12.3. The molecule has 0 unspecified atom stereocenters. The summed E-state index contributed by atoms with van der Waals surface area (Å²) in [7, 11) is 0. The number of para-hydroxylation sites is 1. The molecule has 3 aromatic rings. The van der Waals surface area contributed by atoms with Gasteiger partial charge in [-0.15, -0.1) is 0 Å². The summed E-state index contributed by atoms with van der Waals surface area (Å²) in [5.74, 6) is 0.192. The summed E-state index contributed by atoms with van der Waals surface area (Å²) in [6, 6.07) is 14.5. The summed E-state index contributed by atoms with van der Waals surface area (Å²) in [4.78, 5) is 31.4. The molecular formula is C19H12ClN3O2S. The highest BCUT2D eigenvalue weighted by atomic mass is 35.5. The predicted octanol–water partition coefficient (Wildman–Crippen LogP) is 2.86. The monoisotopic (exact) mass is 381 g/mol. The first-order chi connectivity index (χ1) is 12.6. The Morgan fingerprint density at radius 3 is 2.65 bits per heavy atom. The average Bonchev–Trinajstić information content (AvgIpc) is 2.96. The number of fused-ring (bicyclic) bond motifs is 1. The number of anilines is 2. The summed E-state index contributed by atoms with van der Waals surface area (Å²) in [5.41, 5.74) is 1.20. The molecule has 1 amide bonds. The molecule has 0 radical (unpaired) electrons. The minimum Gasteiger partial charge on any atom is -0.341 e. The van der Waals surface area contributed by atoms with Crippen molar-refractivity contribution in [2.75, 3.05) is 5.32 Å². The molecule has 0 atom stereocenters. The van der Waals surface area contributed by atoms with Crippen molar-refractivity contribution in [3.05, 3.63) is 84.2 Å². The van der Waals surface area contributed by atoms with Crippen LogP contribution in [0.2, 0.25) is 5.02 Å². The number of benzene rings is 2. The first-order valence-corrected chi connectivity index (χ1v) is 8.95. The third kappa shape index (κ3) is 3.37. The fraction of sp³-hybridized carbons (Fsp3) is 0. The number of nitrogens with one attached hydrogen (secondary N) is 2. The van der Waals surface area contributed by atoms with E-state index in [-0.39, 0.29) is 10.8 Å². The molecule has 0 saturated heterocycles. The van der Waals surface area contributed by atoms with Gasteiger partial charge in [0.2, 0.25) is 0 Å². The van der Waals surface area contributed by atoms with Gasteiger partial charge in [-0.05, 0) is 42.5 Å². The lowest BCUT2D eigenvalue weighted by atomic mass is 10.1. The van der Waals surface area contributed by atoms with E-state index < -0.39 is 0 Å². The molecule has 26 heavy (non-hydrogen) atoms. The molecule has 2 N–H and O–H groups in total. The summed E-state index contributed by atoms with van der Waals surface area (Å²) in [6.07, 6.45) is 3.45. The number of hydrogen-bond donors (Lipinski definition) is 2. The number of aromatic amines is 1. The number of carbonyl (C=O) groups excluding carboxylic acids is 1. The zero-order valence-corrected chi connectivity index (χ0v) is 14.9. The number of amides is 1. The standard InChI is InChI=1S/C19H12ClN3O2S/c20-13-5-7-14(8-6-13)21-17-16(26-19(25)23-17)10-12-9-11-3-1-2-4-15(11)22-18(12)24/h1-10,21H,(H,23,25). The van der Waals surface area contributed by atoms with Crippen LogP contribution < -0.4 is 20.8 Å². The Bertz CT molecular complexity index is 1210. The second-order valence-corrected chi connectivity index (χ2v) is 7.06. The van der Waals surface area contributed by atoms with Crippen LogP contribution in [-0.4, -0.2) is 10.9 Å². The van der Waals surface area contributed by atoms with Crippen molar-refractivity contribution in [3.8, 4) is 0 Å². The number of nitrogens with zero attached hydrogens (tertiary/aromatic N) is 1. The Morgan fingerprint density at radius 2 is 1.85 bits per heavy atom. The molecule has 0 saturated carbocycles. The molecule has 0 fully saturated rings. The molecular weight excluding hydrogens is 370 g/mol. The summed E-state index contributed by atoms with van der Waals surface area (Å²) < 4.78 is 0. The predicted molar refractivity (Wildman–Crippen MR) is 104 cm³/mol. The molecule has 5 nitrogen and oxygen atoms in total. The van der Waals surface area contributed by atoms with E-state index in [1.165, 1.54) is 0 Å². The van der Waals surface area contributed by atoms with Crippen molar-refractivity contribution >= 4 is 52.5 Å². The third-order valence-corrected chi connectivity index (χ3v) is 4.87. The van der Waals surface area contributed by atoms with Gasteiger partial charge in [-0.2, -0.15) is 0 Å². The third-order valence-electron chi connectivity index (χ3n) is 3.79. The molecule has 0 bridgehead atoms. The lowest BCUT2D eigenvalue weighted by Crippen LogP contribution is -2.29. The van der Waals surface area contributed by atoms with Crippen LogP contribution >= 0.6 is 22.9 Å². The van der Waals surface area contributed by atoms with Gasteiger partial charge in [0.1, 0.15) is 5.82 Å². The normalized spacial score (nSPS) is 14.5. The molecule has 128 valence electrons. The highest BCUT2D eigenvalue weighted by molar-refractivity contribution is 7.10. The van der Waals surface area contributed by atoms with Gasteiger partial charge in [0.25, 0.3) is 5.91 Å². The van der Waals surface area contributed by atoms with Crippen molar-refractivity contribution in [2.24, 2.45) is 4.99 Å². The van der Waals surface area contributed by atoms with Crippen LogP contribution in [0.15, 0.2) is 63.9 Å². The Labute approximate surface area is 157 Å². The molecule has 2 heterocycles. The molecule has 1 aliphatic heterocycles. The molecule has 4 rings (SSSR count). The van der Waals surface area contributed by atoms with Crippen LogP contribution in [0.5, 0.6) is 0 Å². The molecule has 1 aromatic heterocycles. The highest BCUT2D eigenvalue weighted by Crippen LogP contribution is 2.24. The molecule has 1 aliphatic rings. The minimum atomic E-state index is -0.331. The van der Waals surface area contributed by atoms with E-state index >= 15 is 0 Å². The van der Waals surface area contributed by atoms with Crippen molar-refractivity contribution < 1.29 is 4.79 Å². The zero-order chi connectivity index (χ0) is 18.1. The largest absolute Gasteiger partial charge is 0.341 e. The van der Waals surface area contributed by atoms with E-state index in [9.17, 15) is 9.59 Å². The summed E-state index contributed by atoms with van der Waals surface area (Å²) >= 11 is 6.91. The topological polar surface area (TPSA) is 74.3 Å². The van der Waals surface area contributed by atoms with E-state index in [0.717, 1.165) is 22.2 Å². The van der Waals surface area contributed by atoms with E-state index in [2.05, 4.69) is 15.3 Å². The van der Waals surface area contributed by atoms with Gasteiger partial charge in [0.15, 0.2) is 0 Å². The second-order valence-electron chi connectivity index (χ2n) is 5.61. The lowest BCUT2D eigenvalue weighted by Gasteiger charge is -2.06. The SMILES string of the molecule is O=C1N=c2ccccc2=CC1=Cc1sc(=O)[nH]c1Nc1ccc(Cl)cc1. The Hall–Kier alpha value is -2.96. The highest BCUT2D eigenvalue weighted by Gasteiger charge is 2.13. The maximum Gasteiger partial charge on any atom is 0.306 e. The maximum absolute atomic E-state index is 12.3. The van der Waals surface area contributed by atoms with Gasteiger partial charge < -0.3 is 5.32 Å². The number of aromatic nitrogens is 1. The second kappa shape index (κ2) is 6.74. The minimum absolute atomic E-state index is 0.214. The van der Waals surface area contributed by atoms with E-state index in [1.807, 2.05) is 18.2 Å². The van der Waals surface area contributed by atoms with Gasteiger partial charge in [0, 0.05) is 21.5 Å². The Balaban J connectivity index is 1.74. The van der Waals surface area contributed by atoms with Crippen LogP contribution in [0.4, 0.5) is 11.5 Å². The number of H-pyrrole nitrogens is 1. The quantitative estimate of drug-likeness (QED) is 0.685. The van der Waals surface area contributed by atoms with E-state index in [4.69, 9.17) is 11.6 Å². The van der Waals surface area contributed by atoms with Crippen molar-refractivity contribution in [3.63, 3.8) is 0 Å². The number of halogens is 1. The average molecular weight is 382 g/mol. The van der Waals surface area contributed by atoms with Crippen LogP contribution in [0.1, 0.15) is 4.88 Å². The number of hydrogen-bond acceptors (Lipinski definition) is 4. The molecule has 2 aromatic carbocycles. The Kier molecular flexibility index (Phi) is 4.28. The van der Waals surface area contributed by atoms with Crippen LogP contribution in [0, 0.1) is 0 Å². The lowest BCUT2D eigenvalue weighted by molar-refractivity contribution is -0.114. The fourth-order valence-electron chi connectivity index (χ4n) is 2.57.